The van der Waals surface area contributed by atoms with E-state index in [1.807, 2.05) is 60.7 Å². The van der Waals surface area contributed by atoms with E-state index < -0.39 is 18.0 Å². The van der Waals surface area contributed by atoms with Crippen LogP contribution in [0.25, 0.3) is 21.7 Å². The number of carbonyl (C=O) groups excluding carboxylic acids is 2. The van der Waals surface area contributed by atoms with E-state index in [2.05, 4.69) is 5.32 Å². The summed E-state index contributed by atoms with van der Waals surface area (Å²) in [7, 11) is 0. The Kier molecular flexibility index (Phi) is 4.34. The van der Waals surface area contributed by atoms with Gasteiger partial charge < -0.3 is 14.5 Å². The second-order valence-corrected chi connectivity index (χ2v) is 6.21. The maximum Gasteiger partial charge on any atom is 0.375 e. The lowest BCUT2D eigenvalue weighted by molar-refractivity contribution is -0.123. The van der Waals surface area contributed by atoms with Crippen LogP contribution in [-0.2, 0) is 9.53 Å². The fourth-order valence-electron chi connectivity index (χ4n) is 2.92. The van der Waals surface area contributed by atoms with Gasteiger partial charge in [-0.1, -0.05) is 54.6 Å². The molecule has 5 nitrogen and oxygen atoms in total. The number of ether oxygens (including phenoxy) is 1. The molecule has 0 bridgehead atoms. The first-order chi connectivity index (χ1) is 13.1. The molecule has 0 aliphatic heterocycles. The molecule has 0 saturated heterocycles. The van der Waals surface area contributed by atoms with Gasteiger partial charge in [-0.3, -0.25) is 4.79 Å². The number of para-hydroxylation sites is 1. The largest absolute Gasteiger partial charge is 0.449 e. The molecule has 1 aromatic heterocycles. The van der Waals surface area contributed by atoms with Crippen molar-refractivity contribution in [1.82, 2.24) is 0 Å². The molecule has 0 aliphatic carbocycles. The molecule has 4 rings (SSSR count). The molecule has 0 radical (unpaired) electrons. The first-order valence-electron chi connectivity index (χ1n) is 8.60. The number of benzene rings is 3. The zero-order valence-corrected chi connectivity index (χ0v) is 14.6. The topological polar surface area (TPSA) is 68.5 Å². The Labute approximate surface area is 155 Å². The van der Waals surface area contributed by atoms with Crippen LogP contribution in [0.3, 0.4) is 0 Å². The molecule has 1 amide bonds. The molecule has 27 heavy (non-hydrogen) atoms. The van der Waals surface area contributed by atoms with Crippen molar-refractivity contribution in [2.45, 2.75) is 13.0 Å². The van der Waals surface area contributed by atoms with Crippen LogP contribution in [0.15, 0.2) is 77.2 Å². The lowest BCUT2D eigenvalue weighted by Gasteiger charge is -2.14. The highest BCUT2D eigenvalue weighted by molar-refractivity contribution is 6.04. The van der Waals surface area contributed by atoms with Gasteiger partial charge in [-0.2, -0.15) is 0 Å². The normalized spacial score (nSPS) is 12.0. The van der Waals surface area contributed by atoms with Gasteiger partial charge in [0.15, 0.2) is 6.10 Å². The van der Waals surface area contributed by atoms with Gasteiger partial charge in [0.25, 0.3) is 5.91 Å². The maximum absolute atomic E-state index is 12.5. The second-order valence-electron chi connectivity index (χ2n) is 6.21. The standard InChI is InChI=1S/C22H17NO4/c1-14(26-22(25)20-13-16-8-3-5-12-19(16)27-20)21(24)23-18-11-6-9-15-7-2-4-10-17(15)18/h2-14H,1H3,(H,23,24)/t14-/m0/s1. The highest BCUT2D eigenvalue weighted by Gasteiger charge is 2.22. The van der Waals surface area contributed by atoms with Crippen LogP contribution >= 0.6 is 0 Å². The third kappa shape index (κ3) is 3.40. The molecule has 0 spiro atoms. The van der Waals surface area contributed by atoms with E-state index in [1.54, 1.807) is 12.1 Å². The second kappa shape index (κ2) is 6.96. The number of amides is 1. The average Bonchev–Trinajstić information content (AvgIpc) is 3.12. The minimum Gasteiger partial charge on any atom is -0.449 e. The highest BCUT2D eigenvalue weighted by Crippen LogP contribution is 2.23. The summed E-state index contributed by atoms with van der Waals surface area (Å²) in [6, 6.07) is 22.3. The first kappa shape index (κ1) is 16.8. The SMILES string of the molecule is C[C@H](OC(=O)c1cc2ccccc2o1)C(=O)Nc1cccc2ccccc12. The van der Waals surface area contributed by atoms with Crippen LogP contribution in [-0.4, -0.2) is 18.0 Å². The Bertz CT molecular complexity index is 1110. The average molecular weight is 359 g/mol. The molecule has 0 unspecified atom stereocenters. The number of fused-ring (bicyclic) bond motifs is 2. The van der Waals surface area contributed by atoms with Crippen LogP contribution in [0.5, 0.6) is 0 Å². The quantitative estimate of drug-likeness (QED) is 0.533. The molecule has 1 N–H and O–H groups in total. The molecule has 134 valence electrons. The van der Waals surface area contributed by atoms with Crippen molar-refractivity contribution < 1.29 is 18.7 Å². The van der Waals surface area contributed by atoms with Crippen LogP contribution in [0.1, 0.15) is 17.5 Å². The van der Waals surface area contributed by atoms with Crippen LogP contribution in [0.4, 0.5) is 5.69 Å². The number of hydrogen-bond acceptors (Lipinski definition) is 4. The maximum atomic E-state index is 12.5. The summed E-state index contributed by atoms with van der Waals surface area (Å²) in [6.45, 7) is 1.53. The van der Waals surface area contributed by atoms with Crippen molar-refractivity contribution in [3.63, 3.8) is 0 Å². The van der Waals surface area contributed by atoms with Gasteiger partial charge in [-0.25, -0.2) is 4.79 Å². The smallest absolute Gasteiger partial charge is 0.375 e. The van der Waals surface area contributed by atoms with Gasteiger partial charge in [0.2, 0.25) is 5.76 Å². The van der Waals surface area contributed by atoms with E-state index in [9.17, 15) is 9.59 Å². The molecule has 0 aliphatic rings. The van der Waals surface area contributed by atoms with Crippen molar-refractivity contribution in [2.75, 3.05) is 5.32 Å². The highest BCUT2D eigenvalue weighted by atomic mass is 16.6. The molecule has 1 atom stereocenters. The van der Waals surface area contributed by atoms with Crippen molar-refractivity contribution in [3.05, 3.63) is 78.6 Å². The molecule has 3 aromatic carbocycles. The van der Waals surface area contributed by atoms with Crippen molar-refractivity contribution in [1.29, 1.82) is 0 Å². The number of anilines is 1. The molecular formula is C22H17NO4. The Morgan fingerprint density at radius 1 is 0.926 bits per heavy atom. The van der Waals surface area contributed by atoms with Gasteiger partial charge in [-0.15, -0.1) is 0 Å². The third-order valence-electron chi connectivity index (χ3n) is 4.33. The fourth-order valence-corrected chi connectivity index (χ4v) is 2.92. The molecular weight excluding hydrogens is 342 g/mol. The van der Waals surface area contributed by atoms with E-state index in [0.29, 0.717) is 11.3 Å². The van der Waals surface area contributed by atoms with Crippen LogP contribution in [0, 0.1) is 0 Å². The number of nitrogens with one attached hydrogen (secondary N) is 1. The zero-order valence-electron chi connectivity index (χ0n) is 14.6. The minimum atomic E-state index is -0.968. The lowest BCUT2D eigenvalue weighted by atomic mass is 10.1. The van der Waals surface area contributed by atoms with Gasteiger partial charge >= 0.3 is 5.97 Å². The Balaban J connectivity index is 1.48. The molecule has 0 saturated carbocycles. The third-order valence-corrected chi connectivity index (χ3v) is 4.33. The Morgan fingerprint density at radius 2 is 1.63 bits per heavy atom. The predicted molar refractivity (Wildman–Crippen MR) is 104 cm³/mol. The van der Waals surface area contributed by atoms with E-state index >= 15 is 0 Å². The number of rotatable bonds is 4. The monoisotopic (exact) mass is 359 g/mol. The summed E-state index contributed by atoms with van der Waals surface area (Å²) in [4.78, 5) is 24.8. The summed E-state index contributed by atoms with van der Waals surface area (Å²) >= 11 is 0. The summed E-state index contributed by atoms with van der Waals surface area (Å²) in [5.74, 6) is -1.01. The molecule has 5 heteroatoms. The van der Waals surface area contributed by atoms with Crippen molar-refractivity contribution in [2.24, 2.45) is 0 Å². The van der Waals surface area contributed by atoms with E-state index in [0.717, 1.165) is 16.2 Å². The van der Waals surface area contributed by atoms with Gasteiger partial charge in [0.1, 0.15) is 5.58 Å². The summed E-state index contributed by atoms with van der Waals surface area (Å²) in [5.41, 5.74) is 1.27. The van der Waals surface area contributed by atoms with Crippen LogP contribution in [0.2, 0.25) is 0 Å². The predicted octanol–water partition coefficient (Wildman–Crippen LogP) is 4.77. The summed E-state index contributed by atoms with van der Waals surface area (Å²) < 4.78 is 10.7. The van der Waals surface area contributed by atoms with Crippen molar-refractivity contribution >= 4 is 39.3 Å². The Hall–Kier alpha value is -3.60. The van der Waals surface area contributed by atoms with Crippen LogP contribution < -0.4 is 5.32 Å². The van der Waals surface area contributed by atoms with E-state index in [-0.39, 0.29) is 5.76 Å². The van der Waals surface area contributed by atoms with E-state index in [4.69, 9.17) is 9.15 Å². The Morgan fingerprint density at radius 3 is 2.44 bits per heavy atom. The van der Waals surface area contributed by atoms with Gasteiger partial charge in [-0.05, 0) is 30.5 Å². The number of carbonyl (C=O) groups is 2. The molecule has 4 aromatic rings. The van der Waals surface area contributed by atoms with Gasteiger partial charge in [0, 0.05) is 16.5 Å². The van der Waals surface area contributed by atoms with Crippen molar-refractivity contribution in [3.8, 4) is 0 Å². The summed E-state index contributed by atoms with van der Waals surface area (Å²) in [5, 5.41) is 5.56. The fraction of sp³-hybridized carbons (Fsp3) is 0.0909. The first-order valence-corrected chi connectivity index (χ1v) is 8.60. The molecule has 1 heterocycles. The number of hydrogen-bond donors (Lipinski definition) is 1. The summed E-state index contributed by atoms with van der Waals surface area (Å²) in [6.07, 6.45) is -0.968. The van der Waals surface area contributed by atoms with Gasteiger partial charge in [0.05, 0.1) is 0 Å². The number of furan rings is 1. The number of esters is 1. The minimum absolute atomic E-state index is 0.0704. The molecule has 0 fully saturated rings. The van der Waals surface area contributed by atoms with E-state index in [1.165, 1.54) is 6.92 Å². The lowest BCUT2D eigenvalue weighted by Crippen LogP contribution is -2.29. The zero-order chi connectivity index (χ0) is 18.8.